The molecule has 0 amide bonds. The zero-order valence-corrected chi connectivity index (χ0v) is 11.3. The van der Waals surface area contributed by atoms with Gasteiger partial charge < -0.3 is 14.8 Å². The molecule has 4 rings (SSSR count). The Morgan fingerprint density at radius 1 is 1.32 bits per heavy atom. The molecule has 0 aromatic heterocycles. The van der Waals surface area contributed by atoms with Crippen LogP contribution in [-0.2, 0) is 6.42 Å². The normalized spacial score (nSPS) is 29.1. The maximum absolute atomic E-state index is 6.26. The van der Waals surface area contributed by atoms with Crippen LogP contribution < -0.4 is 14.8 Å². The van der Waals surface area contributed by atoms with Crippen LogP contribution >= 0.6 is 0 Å². The van der Waals surface area contributed by atoms with Gasteiger partial charge in [-0.3, -0.25) is 0 Å². The Morgan fingerprint density at radius 3 is 3.05 bits per heavy atom. The second kappa shape index (κ2) is 4.41. The molecule has 2 heterocycles. The van der Waals surface area contributed by atoms with Crippen molar-refractivity contribution >= 4 is 0 Å². The van der Waals surface area contributed by atoms with Gasteiger partial charge in [-0.1, -0.05) is 0 Å². The number of aryl methyl sites for hydroxylation is 1. The number of rotatable bonds is 3. The molecule has 1 atom stereocenters. The first-order chi connectivity index (χ1) is 9.33. The first-order valence-corrected chi connectivity index (χ1v) is 7.49. The lowest BCUT2D eigenvalue weighted by Crippen LogP contribution is -2.41. The van der Waals surface area contributed by atoms with Gasteiger partial charge in [-0.25, -0.2) is 0 Å². The summed E-state index contributed by atoms with van der Waals surface area (Å²) in [5, 5.41) is 3.41. The molecule has 0 bridgehead atoms. The Labute approximate surface area is 114 Å². The number of hydrogen-bond acceptors (Lipinski definition) is 3. The topological polar surface area (TPSA) is 30.5 Å². The zero-order chi connectivity index (χ0) is 12.7. The number of benzene rings is 1. The van der Waals surface area contributed by atoms with Crippen molar-refractivity contribution in [3.8, 4) is 11.5 Å². The lowest BCUT2D eigenvalue weighted by molar-refractivity contribution is 0.0662. The molecule has 1 aliphatic carbocycles. The molecule has 3 heteroatoms. The third kappa shape index (κ3) is 2.32. The predicted molar refractivity (Wildman–Crippen MR) is 73.8 cm³/mol. The molecule has 1 spiro atoms. The van der Waals surface area contributed by atoms with E-state index in [1.54, 1.807) is 0 Å². The fraction of sp³-hybridized carbons (Fsp3) is 0.625. The van der Waals surface area contributed by atoms with Crippen molar-refractivity contribution in [2.24, 2.45) is 5.92 Å². The summed E-state index contributed by atoms with van der Waals surface area (Å²) < 4.78 is 12.1. The fourth-order valence-electron chi connectivity index (χ4n) is 3.11. The van der Waals surface area contributed by atoms with Crippen molar-refractivity contribution in [2.45, 2.75) is 37.7 Å². The van der Waals surface area contributed by atoms with E-state index < -0.39 is 0 Å². The Balaban J connectivity index is 1.49. The number of nitrogens with one attached hydrogen (secondary N) is 1. The van der Waals surface area contributed by atoms with Gasteiger partial charge in [-0.15, -0.1) is 0 Å². The summed E-state index contributed by atoms with van der Waals surface area (Å²) in [6.07, 6.45) is 6.04. The summed E-state index contributed by atoms with van der Waals surface area (Å²) in [7, 11) is 0. The van der Waals surface area contributed by atoms with Gasteiger partial charge in [0.1, 0.15) is 17.1 Å². The van der Waals surface area contributed by atoms with Crippen LogP contribution in [0.15, 0.2) is 18.2 Å². The minimum atomic E-state index is 0.0589. The average Bonchev–Trinajstić information content (AvgIpc) is 3.17. The highest BCUT2D eigenvalue weighted by Crippen LogP contribution is 2.38. The van der Waals surface area contributed by atoms with Gasteiger partial charge in [0.05, 0.1) is 6.61 Å². The molecule has 19 heavy (non-hydrogen) atoms. The molecule has 1 unspecified atom stereocenters. The third-order valence-electron chi connectivity index (χ3n) is 4.60. The second-order valence-electron chi connectivity index (χ2n) is 6.24. The van der Waals surface area contributed by atoms with E-state index in [4.69, 9.17) is 9.47 Å². The van der Waals surface area contributed by atoms with Gasteiger partial charge >= 0.3 is 0 Å². The number of hydrogen-bond donors (Lipinski definition) is 1. The highest BCUT2D eigenvalue weighted by atomic mass is 16.5. The molecule has 2 aliphatic heterocycles. The van der Waals surface area contributed by atoms with Crippen molar-refractivity contribution < 1.29 is 9.47 Å². The maximum Gasteiger partial charge on any atom is 0.123 e. The minimum Gasteiger partial charge on any atom is -0.493 e. The Kier molecular flexibility index (Phi) is 2.69. The highest BCUT2D eigenvalue weighted by Gasteiger charge is 2.39. The van der Waals surface area contributed by atoms with Gasteiger partial charge in [0, 0.05) is 13.0 Å². The summed E-state index contributed by atoms with van der Waals surface area (Å²) >= 11 is 0. The summed E-state index contributed by atoms with van der Waals surface area (Å²) in [4.78, 5) is 0. The van der Waals surface area contributed by atoms with Gasteiger partial charge in [0.2, 0.25) is 0 Å². The van der Waals surface area contributed by atoms with Crippen LogP contribution in [0.2, 0.25) is 0 Å². The molecule has 1 saturated carbocycles. The van der Waals surface area contributed by atoms with Crippen LogP contribution in [0.3, 0.4) is 0 Å². The van der Waals surface area contributed by atoms with Crippen molar-refractivity contribution in [1.29, 1.82) is 0 Å². The monoisotopic (exact) mass is 259 g/mol. The lowest BCUT2D eigenvalue weighted by atomic mass is 9.90. The SMILES string of the molecule is c1cc2c(cc1OCC1CC1)CCC1(CCNC1)O2. The van der Waals surface area contributed by atoms with E-state index in [0.29, 0.717) is 0 Å². The number of fused-ring (bicyclic) bond motifs is 1. The van der Waals surface area contributed by atoms with E-state index >= 15 is 0 Å². The van der Waals surface area contributed by atoms with Crippen LogP contribution in [0.1, 0.15) is 31.2 Å². The Bertz CT molecular complexity index is 476. The highest BCUT2D eigenvalue weighted by molar-refractivity contribution is 5.42. The van der Waals surface area contributed by atoms with Crippen molar-refractivity contribution in [3.63, 3.8) is 0 Å². The summed E-state index contributed by atoms with van der Waals surface area (Å²) in [6.45, 7) is 2.96. The molecular formula is C16H21NO2. The van der Waals surface area contributed by atoms with Crippen LogP contribution in [-0.4, -0.2) is 25.3 Å². The smallest absolute Gasteiger partial charge is 0.123 e. The molecule has 3 aliphatic rings. The van der Waals surface area contributed by atoms with Crippen molar-refractivity contribution in [2.75, 3.05) is 19.7 Å². The van der Waals surface area contributed by atoms with Gasteiger partial charge in [-0.2, -0.15) is 0 Å². The van der Waals surface area contributed by atoms with Crippen molar-refractivity contribution in [3.05, 3.63) is 23.8 Å². The van der Waals surface area contributed by atoms with E-state index in [0.717, 1.165) is 56.4 Å². The largest absolute Gasteiger partial charge is 0.493 e. The minimum absolute atomic E-state index is 0.0589. The van der Waals surface area contributed by atoms with E-state index in [-0.39, 0.29) is 5.60 Å². The second-order valence-corrected chi connectivity index (χ2v) is 6.24. The van der Waals surface area contributed by atoms with Crippen LogP contribution in [0.5, 0.6) is 11.5 Å². The number of ether oxygens (including phenoxy) is 2. The molecule has 1 saturated heterocycles. The van der Waals surface area contributed by atoms with Crippen molar-refractivity contribution in [1.82, 2.24) is 5.32 Å². The maximum atomic E-state index is 6.26. The van der Waals surface area contributed by atoms with Crippen LogP contribution in [0, 0.1) is 5.92 Å². The van der Waals surface area contributed by atoms with Gasteiger partial charge in [-0.05, 0) is 61.9 Å². The Morgan fingerprint density at radius 2 is 2.26 bits per heavy atom. The molecular weight excluding hydrogens is 238 g/mol. The summed E-state index contributed by atoms with van der Waals surface area (Å²) in [5.41, 5.74) is 1.37. The molecule has 3 nitrogen and oxygen atoms in total. The standard InChI is InChI=1S/C16H21NO2/c1-2-12(1)10-18-14-3-4-15-13(9-14)5-6-16(19-15)7-8-17-11-16/h3-4,9,12,17H,1-2,5-8,10-11H2. The molecule has 102 valence electrons. The molecule has 2 fully saturated rings. The quantitative estimate of drug-likeness (QED) is 0.905. The average molecular weight is 259 g/mol. The predicted octanol–water partition coefficient (Wildman–Crippen LogP) is 2.53. The first kappa shape index (κ1) is 11.6. The van der Waals surface area contributed by atoms with E-state index in [9.17, 15) is 0 Å². The van der Waals surface area contributed by atoms with Crippen LogP contribution in [0.25, 0.3) is 0 Å². The first-order valence-electron chi connectivity index (χ1n) is 7.49. The zero-order valence-electron chi connectivity index (χ0n) is 11.3. The summed E-state index contributed by atoms with van der Waals surface area (Å²) in [5.74, 6) is 2.88. The molecule has 1 aromatic carbocycles. The van der Waals surface area contributed by atoms with E-state index in [1.807, 2.05) is 0 Å². The van der Waals surface area contributed by atoms with E-state index in [2.05, 4.69) is 23.5 Å². The molecule has 1 N–H and O–H groups in total. The van der Waals surface area contributed by atoms with Gasteiger partial charge in [0.25, 0.3) is 0 Å². The summed E-state index contributed by atoms with van der Waals surface area (Å²) in [6, 6.07) is 6.33. The molecule has 0 radical (unpaired) electrons. The molecule has 1 aromatic rings. The fourth-order valence-corrected chi connectivity index (χ4v) is 3.11. The van der Waals surface area contributed by atoms with Crippen LogP contribution in [0.4, 0.5) is 0 Å². The third-order valence-corrected chi connectivity index (χ3v) is 4.60. The van der Waals surface area contributed by atoms with Gasteiger partial charge in [0.15, 0.2) is 0 Å². The lowest BCUT2D eigenvalue weighted by Gasteiger charge is -2.35. The van der Waals surface area contributed by atoms with E-state index in [1.165, 1.54) is 18.4 Å². The Hall–Kier alpha value is -1.22.